The molecule has 5 aliphatic heterocycles. The number of carbonyl (C=O) groups is 1. The molecule has 1 aromatic heterocycles. The van der Waals surface area contributed by atoms with Crippen LogP contribution in [0.15, 0.2) is 18.2 Å². The van der Waals surface area contributed by atoms with Crippen molar-refractivity contribution in [3.05, 3.63) is 40.6 Å². The third-order valence-electron chi connectivity index (χ3n) is 12.5. The summed E-state index contributed by atoms with van der Waals surface area (Å²) in [5.74, 6) is 2.63. The van der Waals surface area contributed by atoms with Crippen LogP contribution in [0.5, 0.6) is 6.01 Å². The molecule has 9 nitrogen and oxygen atoms in total. The third-order valence-corrected chi connectivity index (χ3v) is 12.5. The molecule has 2 aromatic rings. The van der Waals surface area contributed by atoms with Crippen molar-refractivity contribution in [3.63, 3.8) is 0 Å². The predicted molar refractivity (Wildman–Crippen MR) is 182 cm³/mol. The van der Waals surface area contributed by atoms with Crippen LogP contribution >= 0.6 is 0 Å². The number of ether oxygens (including phenoxy) is 2. The number of fused-ring (bicyclic) bond motifs is 5. The molecule has 0 spiro atoms. The van der Waals surface area contributed by atoms with Crippen molar-refractivity contribution in [2.45, 2.75) is 127 Å². The lowest BCUT2D eigenvalue weighted by atomic mass is 9.93. The summed E-state index contributed by atoms with van der Waals surface area (Å²) in [6.45, 7) is 12.2. The minimum Gasteiger partial charge on any atom is -0.461 e. The van der Waals surface area contributed by atoms with Crippen molar-refractivity contribution < 1.29 is 14.3 Å². The summed E-state index contributed by atoms with van der Waals surface area (Å²) in [5.41, 5.74) is 6.65. The van der Waals surface area contributed by atoms with E-state index in [9.17, 15) is 4.79 Å². The van der Waals surface area contributed by atoms with Crippen LogP contribution in [0.3, 0.4) is 0 Å². The van der Waals surface area contributed by atoms with Crippen molar-refractivity contribution in [1.29, 1.82) is 0 Å². The first kappa shape index (κ1) is 30.0. The Morgan fingerprint density at radius 2 is 1.70 bits per heavy atom. The predicted octanol–water partition coefficient (Wildman–Crippen LogP) is 6.07. The van der Waals surface area contributed by atoms with Crippen molar-refractivity contribution in [2.24, 2.45) is 5.92 Å². The van der Waals surface area contributed by atoms with Gasteiger partial charge in [-0.2, -0.15) is 9.97 Å². The topological polar surface area (TPSA) is 74.3 Å². The molecule has 47 heavy (non-hydrogen) atoms. The average Bonchev–Trinajstić information content (AvgIpc) is 3.34. The maximum Gasteiger partial charge on any atom is 0.410 e. The van der Waals surface area contributed by atoms with Crippen LogP contribution in [0, 0.1) is 5.92 Å². The van der Waals surface area contributed by atoms with Gasteiger partial charge in [-0.1, -0.05) is 12.1 Å². The Morgan fingerprint density at radius 3 is 2.43 bits per heavy atom. The minimum atomic E-state index is -0.497. The van der Waals surface area contributed by atoms with Gasteiger partial charge in [-0.05, 0) is 134 Å². The zero-order valence-electron chi connectivity index (χ0n) is 28.7. The van der Waals surface area contributed by atoms with E-state index in [2.05, 4.69) is 32.9 Å². The maximum atomic E-state index is 13.3. The fraction of sp³-hybridized carbons (Fsp3) is 0.711. The molecule has 2 aliphatic carbocycles. The van der Waals surface area contributed by atoms with Gasteiger partial charge in [0.05, 0.1) is 29.9 Å². The molecule has 2 bridgehead atoms. The van der Waals surface area contributed by atoms with Crippen molar-refractivity contribution in [3.8, 4) is 6.01 Å². The number of hydrogen-bond acceptors (Lipinski definition) is 8. The number of aryl methyl sites for hydroxylation is 1. The summed E-state index contributed by atoms with van der Waals surface area (Å²) in [6.07, 6.45) is 13.0. The quantitative estimate of drug-likeness (QED) is 0.377. The van der Waals surface area contributed by atoms with E-state index in [0.717, 1.165) is 68.8 Å². The summed E-state index contributed by atoms with van der Waals surface area (Å²) < 4.78 is 12.5. The molecule has 4 saturated heterocycles. The number of rotatable bonds is 6. The molecule has 1 unspecified atom stereocenters. The van der Waals surface area contributed by atoms with Gasteiger partial charge in [0.15, 0.2) is 0 Å². The van der Waals surface area contributed by atoms with Gasteiger partial charge < -0.3 is 19.3 Å². The fourth-order valence-electron chi connectivity index (χ4n) is 10.2. The molecule has 5 fully saturated rings. The van der Waals surface area contributed by atoms with Gasteiger partial charge in [0.25, 0.3) is 0 Å². The normalized spacial score (nSPS) is 28.0. The number of hydrogen-bond donors (Lipinski definition) is 0. The lowest BCUT2D eigenvalue weighted by Gasteiger charge is -2.43. The smallest absolute Gasteiger partial charge is 0.410 e. The van der Waals surface area contributed by atoms with Gasteiger partial charge in [-0.15, -0.1) is 0 Å². The molecule has 9 heteroatoms. The van der Waals surface area contributed by atoms with E-state index in [1.165, 1.54) is 75.7 Å². The van der Waals surface area contributed by atoms with Gasteiger partial charge >= 0.3 is 12.1 Å². The Labute approximate surface area is 280 Å². The van der Waals surface area contributed by atoms with E-state index in [1.54, 1.807) is 11.1 Å². The van der Waals surface area contributed by atoms with Crippen molar-refractivity contribution >= 4 is 17.6 Å². The number of anilines is 2. The van der Waals surface area contributed by atoms with Gasteiger partial charge in [0.1, 0.15) is 18.0 Å². The van der Waals surface area contributed by atoms with Crippen molar-refractivity contribution in [1.82, 2.24) is 19.8 Å². The van der Waals surface area contributed by atoms with Crippen LogP contribution in [-0.2, 0) is 24.1 Å². The van der Waals surface area contributed by atoms with Gasteiger partial charge in [-0.25, -0.2) is 4.79 Å². The summed E-state index contributed by atoms with van der Waals surface area (Å²) in [6, 6.07) is 7.80. The van der Waals surface area contributed by atoms with Gasteiger partial charge in [0.2, 0.25) is 0 Å². The Balaban J connectivity index is 1.02. The molecule has 0 radical (unpaired) electrons. The largest absolute Gasteiger partial charge is 0.461 e. The zero-order chi connectivity index (χ0) is 31.9. The molecule has 252 valence electrons. The number of aromatic nitrogens is 2. The highest BCUT2D eigenvalue weighted by atomic mass is 16.6. The summed E-state index contributed by atoms with van der Waals surface area (Å²) in [4.78, 5) is 33.4. The highest BCUT2D eigenvalue weighted by Gasteiger charge is 2.47. The van der Waals surface area contributed by atoms with Crippen LogP contribution in [0.2, 0.25) is 0 Å². The monoisotopic (exact) mass is 640 g/mol. The maximum absolute atomic E-state index is 13.3. The second kappa shape index (κ2) is 11.2. The second-order valence-electron chi connectivity index (χ2n) is 16.6. The summed E-state index contributed by atoms with van der Waals surface area (Å²) in [7, 11) is 0. The zero-order valence-corrected chi connectivity index (χ0v) is 28.7. The Morgan fingerprint density at radius 1 is 0.936 bits per heavy atom. The van der Waals surface area contributed by atoms with Crippen molar-refractivity contribution in [2.75, 3.05) is 49.1 Å². The molecular formula is C38H52N6O3. The van der Waals surface area contributed by atoms with Crippen LogP contribution in [0.4, 0.5) is 16.3 Å². The highest BCUT2D eigenvalue weighted by Crippen LogP contribution is 2.52. The molecule has 1 amide bonds. The first-order valence-corrected chi connectivity index (χ1v) is 18.7. The number of carbonyl (C=O) groups excluding carboxylic acids is 1. The highest BCUT2D eigenvalue weighted by molar-refractivity contribution is 5.70. The van der Waals surface area contributed by atoms with Gasteiger partial charge in [0, 0.05) is 30.9 Å². The lowest BCUT2D eigenvalue weighted by Crippen LogP contribution is -2.57. The molecule has 7 aliphatic rings. The first-order valence-electron chi connectivity index (χ1n) is 18.7. The second-order valence-corrected chi connectivity index (χ2v) is 16.6. The molecule has 0 N–H and O–H groups in total. The molecule has 1 aromatic carbocycles. The molecule has 3 atom stereocenters. The van der Waals surface area contributed by atoms with Crippen LogP contribution in [-0.4, -0.2) is 88.4 Å². The summed E-state index contributed by atoms with van der Waals surface area (Å²) >= 11 is 0. The fourth-order valence-corrected chi connectivity index (χ4v) is 10.2. The molecular weight excluding hydrogens is 588 g/mol. The number of nitrogens with zero attached hydrogens (tertiary/aromatic N) is 6. The number of piperazine rings is 1. The van der Waals surface area contributed by atoms with Gasteiger partial charge in [-0.3, -0.25) is 9.80 Å². The molecule has 1 saturated carbocycles. The van der Waals surface area contributed by atoms with Crippen LogP contribution < -0.4 is 14.5 Å². The van der Waals surface area contributed by atoms with E-state index < -0.39 is 5.60 Å². The third kappa shape index (κ3) is 5.35. The SMILES string of the molecule is CC(C)(C)OC(=O)N1[C@@H]2CC[C@H]1CN(c1nc(OCC34CCCN3CCC4)nc3c1CCN(c1cccc4c1C(C1CC1)CC4)C3)C2. The van der Waals surface area contributed by atoms with Crippen LogP contribution in [0.1, 0.15) is 107 Å². The Hall–Kier alpha value is -3.07. The van der Waals surface area contributed by atoms with E-state index in [0.29, 0.717) is 12.6 Å². The van der Waals surface area contributed by atoms with E-state index in [1.807, 2.05) is 25.7 Å². The first-order chi connectivity index (χ1) is 22.7. The van der Waals surface area contributed by atoms with E-state index >= 15 is 0 Å². The average molecular weight is 641 g/mol. The van der Waals surface area contributed by atoms with Crippen LogP contribution in [0.25, 0.3) is 0 Å². The summed E-state index contributed by atoms with van der Waals surface area (Å²) in [5, 5.41) is 0. The lowest BCUT2D eigenvalue weighted by molar-refractivity contribution is 0.0122. The minimum absolute atomic E-state index is 0.134. The standard InChI is InChI=1S/C38H52N6O3/c1-37(2,3)47-36(45)44-27-12-13-28(44)22-42(21-27)34-30-15-20-41(32-8-4-7-26-11-14-29(33(26)32)25-9-10-25)23-31(30)39-35(40-34)46-24-38-16-5-18-43(38)19-6-17-38/h4,7-8,25,27-29H,5-6,9-24H2,1-3H3/t27-,28+,29?. The molecule has 9 rings (SSSR count). The van der Waals surface area contributed by atoms with E-state index in [4.69, 9.17) is 19.4 Å². The Kier molecular flexibility index (Phi) is 7.18. The number of amides is 1. The Bertz CT molecular complexity index is 1530. The molecule has 6 heterocycles. The number of benzene rings is 1. The van der Waals surface area contributed by atoms with E-state index in [-0.39, 0.29) is 23.7 Å².